The van der Waals surface area contributed by atoms with Crippen LogP contribution in [0.4, 0.5) is 5.69 Å². The number of aryl methyl sites for hydroxylation is 1. The average Bonchev–Trinajstić information content (AvgIpc) is 2.37. The van der Waals surface area contributed by atoms with Gasteiger partial charge in [0.05, 0.1) is 12.1 Å². The quantitative estimate of drug-likeness (QED) is 0.886. The summed E-state index contributed by atoms with van der Waals surface area (Å²) in [6, 6.07) is 6.05. The van der Waals surface area contributed by atoms with Gasteiger partial charge in [0, 0.05) is 29.8 Å². The molecule has 0 amide bonds. The Morgan fingerprint density at radius 1 is 1.56 bits per heavy atom. The van der Waals surface area contributed by atoms with Crippen LogP contribution in [-0.4, -0.2) is 25.3 Å². The Kier molecular flexibility index (Phi) is 4.15. The highest BCUT2D eigenvalue weighted by molar-refractivity contribution is 6.31. The first-order valence-electron chi connectivity index (χ1n) is 6.39. The lowest BCUT2D eigenvalue weighted by molar-refractivity contribution is 0.0205. The van der Waals surface area contributed by atoms with Gasteiger partial charge in [0.1, 0.15) is 0 Å². The smallest absolute Gasteiger partial charge is 0.0564 e. The normalized spacial score (nSPS) is 28.1. The van der Waals surface area contributed by atoms with Crippen molar-refractivity contribution in [2.45, 2.75) is 25.8 Å². The third-order valence-electron chi connectivity index (χ3n) is 3.93. The molecule has 3 nitrogen and oxygen atoms in total. The summed E-state index contributed by atoms with van der Waals surface area (Å²) in [6.45, 7) is 6.29. The van der Waals surface area contributed by atoms with Crippen molar-refractivity contribution < 1.29 is 4.74 Å². The fourth-order valence-corrected chi connectivity index (χ4v) is 2.60. The minimum absolute atomic E-state index is 0.0865. The van der Waals surface area contributed by atoms with Crippen LogP contribution in [-0.2, 0) is 4.74 Å². The molecule has 4 heteroatoms. The van der Waals surface area contributed by atoms with E-state index in [9.17, 15) is 0 Å². The van der Waals surface area contributed by atoms with Crippen molar-refractivity contribution in [3.63, 3.8) is 0 Å². The van der Waals surface area contributed by atoms with Gasteiger partial charge >= 0.3 is 0 Å². The minimum atomic E-state index is -0.0865. The fraction of sp³-hybridized carbons (Fsp3) is 0.571. The summed E-state index contributed by atoms with van der Waals surface area (Å²) in [5.74, 6) is 0.385. The molecule has 0 spiro atoms. The van der Waals surface area contributed by atoms with Gasteiger partial charge in [-0.3, -0.25) is 0 Å². The molecule has 18 heavy (non-hydrogen) atoms. The van der Waals surface area contributed by atoms with Crippen LogP contribution in [0.5, 0.6) is 0 Å². The van der Waals surface area contributed by atoms with Gasteiger partial charge in [-0.2, -0.15) is 0 Å². The van der Waals surface area contributed by atoms with Crippen molar-refractivity contribution in [2.24, 2.45) is 11.7 Å². The number of nitrogens with one attached hydrogen (secondary N) is 1. The molecule has 1 fully saturated rings. The van der Waals surface area contributed by atoms with E-state index in [1.54, 1.807) is 0 Å². The molecule has 0 aromatic heterocycles. The lowest BCUT2D eigenvalue weighted by atomic mass is 9.81. The van der Waals surface area contributed by atoms with E-state index in [-0.39, 0.29) is 5.54 Å². The van der Waals surface area contributed by atoms with Crippen molar-refractivity contribution >= 4 is 17.3 Å². The number of halogens is 1. The van der Waals surface area contributed by atoms with Crippen LogP contribution < -0.4 is 11.1 Å². The van der Waals surface area contributed by atoms with Gasteiger partial charge in [-0.05, 0) is 31.0 Å². The van der Waals surface area contributed by atoms with Gasteiger partial charge in [0.25, 0.3) is 0 Å². The van der Waals surface area contributed by atoms with Crippen LogP contribution in [0.3, 0.4) is 0 Å². The van der Waals surface area contributed by atoms with Gasteiger partial charge in [-0.15, -0.1) is 0 Å². The van der Waals surface area contributed by atoms with Gasteiger partial charge in [-0.1, -0.05) is 24.6 Å². The molecule has 1 saturated heterocycles. The third-order valence-corrected chi connectivity index (χ3v) is 4.34. The van der Waals surface area contributed by atoms with Crippen LogP contribution in [0.15, 0.2) is 18.2 Å². The number of rotatable bonds is 3. The van der Waals surface area contributed by atoms with Crippen molar-refractivity contribution in [2.75, 3.05) is 25.1 Å². The second-order valence-electron chi connectivity index (χ2n) is 5.18. The van der Waals surface area contributed by atoms with Gasteiger partial charge in [0.2, 0.25) is 0 Å². The molecule has 0 saturated carbocycles. The van der Waals surface area contributed by atoms with E-state index >= 15 is 0 Å². The zero-order valence-electron chi connectivity index (χ0n) is 11.0. The molecule has 3 N–H and O–H groups in total. The Morgan fingerprint density at radius 3 is 2.94 bits per heavy atom. The summed E-state index contributed by atoms with van der Waals surface area (Å²) in [7, 11) is 0. The van der Waals surface area contributed by atoms with Crippen LogP contribution in [0.1, 0.15) is 18.9 Å². The number of nitrogens with two attached hydrogens (primary N) is 1. The van der Waals surface area contributed by atoms with Gasteiger partial charge in [-0.25, -0.2) is 0 Å². The van der Waals surface area contributed by atoms with Crippen molar-refractivity contribution in [3.8, 4) is 0 Å². The molecular weight excluding hydrogens is 248 g/mol. The van der Waals surface area contributed by atoms with E-state index in [0.717, 1.165) is 35.9 Å². The SMILES string of the molecule is Cc1ccc(NC2(CN)CCOCC2C)cc1Cl. The molecule has 0 bridgehead atoms. The van der Waals surface area contributed by atoms with E-state index < -0.39 is 0 Å². The second-order valence-corrected chi connectivity index (χ2v) is 5.58. The molecular formula is C14H21ClN2O. The van der Waals surface area contributed by atoms with Crippen LogP contribution >= 0.6 is 11.6 Å². The largest absolute Gasteiger partial charge is 0.381 e. The maximum absolute atomic E-state index is 6.16. The van der Waals surface area contributed by atoms with Gasteiger partial charge in [0.15, 0.2) is 0 Å². The maximum Gasteiger partial charge on any atom is 0.0564 e. The number of hydrogen-bond acceptors (Lipinski definition) is 3. The molecule has 100 valence electrons. The summed E-state index contributed by atoms with van der Waals surface area (Å²) in [5, 5.41) is 4.36. The lowest BCUT2D eigenvalue weighted by Crippen LogP contribution is -2.55. The summed E-state index contributed by atoms with van der Waals surface area (Å²) < 4.78 is 5.50. The second kappa shape index (κ2) is 5.47. The zero-order valence-corrected chi connectivity index (χ0v) is 11.8. The van der Waals surface area contributed by atoms with Crippen LogP contribution in [0, 0.1) is 12.8 Å². The minimum Gasteiger partial charge on any atom is -0.381 e. The Labute approximate surface area is 114 Å². The predicted molar refractivity (Wildman–Crippen MR) is 76.2 cm³/mol. The summed E-state index contributed by atoms with van der Waals surface area (Å²) in [6.07, 6.45) is 0.927. The first kappa shape index (κ1) is 13.7. The molecule has 0 aliphatic carbocycles. The molecule has 2 rings (SSSR count). The molecule has 1 heterocycles. The fourth-order valence-electron chi connectivity index (χ4n) is 2.42. The monoisotopic (exact) mass is 268 g/mol. The number of anilines is 1. The highest BCUT2D eigenvalue weighted by Crippen LogP contribution is 2.31. The maximum atomic E-state index is 6.16. The van der Waals surface area contributed by atoms with Gasteiger partial charge < -0.3 is 15.8 Å². The van der Waals surface area contributed by atoms with E-state index in [2.05, 4.69) is 18.3 Å². The summed E-state index contributed by atoms with van der Waals surface area (Å²) in [5.41, 5.74) is 8.03. The summed E-state index contributed by atoms with van der Waals surface area (Å²) >= 11 is 6.16. The molecule has 1 aliphatic heterocycles. The van der Waals surface area contributed by atoms with Crippen molar-refractivity contribution in [1.82, 2.24) is 0 Å². The number of ether oxygens (including phenoxy) is 1. The zero-order chi connectivity index (χ0) is 13.2. The predicted octanol–water partition coefficient (Wildman–Crippen LogP) is 2.81. The number of benzene rings is 1. The van der Waals surface area contributed by atoms with E-state index in [1.165, 1.54) is 0 Å². The first-order valence-corrected chi connectivity index (χ1v) is 6.77. The topological polar surface area (TPSA) is 47.3 Å². The standard InChI is InChI=1S/C14H21ClN2O/c1-10-3-4-12(7-13(10)15)17-14(9-16)5-6-18-8-11(14)2/h3-4,7,11,17H,5-6,8-9,16H2,1-2H3. The van der Waals surface area contributed by atoms with E-state index in [1.807, 2.05) is 19.1 Å². The highest BCUT2D eigenvalue weighted by atomic mass is 35.5. The van der Waals surface area contributed by atoms with E-state index in [4.69, 9.17) is 22.1 Å². The first-order chi connectivity index (χ1) is 8.57. The van der Waals surface area contributed by atoms with Crippen molar-refractivity contribution in [3.05, 3.63) is 28.8 Å². The average molecular weight is 269 g/mol. The molecule has 2 unspecified atom stereocenters. The van der Waals surface area contributed by atoms with E-state index in [0.29, 0.717) is 12.5 Å². The highest BCUT2D eigenvalue weighted by Gasteiger charge is 2.37. The summed E-state index contributed by atoms with van der Waals surface area (Å²) in [4.78, 5) is 0. The Bertz CT molecular complexity index is 424. The van der Waals surface area contributed by atoms with Crippen molar-refractivity contribution in [1.29, 1.82) is 0 Å². The molecule has 1 aromatic rings. The Hall–Kier alpha value is -0.770. The van der Waals surface area contributed by atoms with Crippen LogP contribution in [0.2, 0.25) is 5.02 Å². The third kappa shape index (κ3) is 2.63. The molecule has 1 aliphatic rings. The Morgan fingerprint density at radius 2 is 2.33 bits per heavy atom. The molecule has 0 radical (unpaired) electrons. The Balaban J connectivity index is 2.21. The molecule has 2 atom stereocenters. The van der Waals surface area contributed by atoms with Crippen LogP contribution in [0.25, 0.3) is 0 Å². The number of hydrogen-bond donors (Lipinski definition) is 2. The molecule has 1 aromatic carbocycles. The lowest BCUT2D eigenvalue weighted by Gasteiger charge is -2.43.